The molecule has 0 aliphatic rings. The van der Waals surface area contributed by atoms with Crippen molar-refractivity contribution in [1.82, 2.24) is 9.78 Å². The molecule has 0 fully saturated rings. The van der Waals surface area contributed by atoms with Crippen LogP contribution in [0, 0.1) is 15.9 Å². The number of hydrogen-bond donors (Lipinski definition) is 0. The number of non-ortho nitro benzene ring substituents is 1. The Kier molecular flexibility index (Phi) is 5.76. The fourth-order valence-electron chi connectivity index (χ4n) is 3.75. The maximum absolute atomic E-state index is 14.7. The quantitative estimate of drug-likeness (QED) is 0.161. The van der Waals surface area contributed by atoms with Crippen LogP contribution in [-0.2, 0) is 7.05 Å². The Morgan fingerprint density at radius 1 is 0.943 bits per heavy atom. The first-order valence-corrected chi connectivity index (χ1v) is 10.8. The van der Waals surface area contributed by atoms with Crippen molar-refractivity contribution < 1.29 is 14.1 Å². The Balaban J connectivity index is 1.69. The van der Waals surface area contributed by atoms with Gasteiger partial charge in [-0.3, -0.25) is 14.8 Å². The Hall–Kier alpha value is -4.85. The van der Waals surface area contributed by atoms with E-state index in [0.717, 1.165) is 28.1 Å². The Labute approximate surface area is 199 Å². The summed E-state index contributed by atoms with van der Waals surface area (Å²) in [4.78, 5) is 15.3. The zero-order valence-corrected chi connectivity index (χ0v) is 18.6. The highest BCUT2D eigenvalue weighted by Crippen LogP contribution is 2.38. The summed E-state index contributed by atoms with van der Waals surface area (Å²) < 4.78 is 22.3. The number of hydrogen-bond acceptors (Lipinski definition) is 5. The lowest BCUT2D eigenvalue weighted by atomic mass is 10.0. The number of halogens is 1. The minimum absolute atomic E-state index is 0.142. The maximum Gasteiger partial charge on any atom is 0.272 e. The summed E-state index contributed by atoms with van der Waals surface area (Å²) in [6.45, 7) is 0. The van der Waals surface area contributed by atoms with Crippen molar-refractivity contribution in [3.8, 4) is 11.5 Å². The van der Waals surface area contributed by atoms with Gasteiger partial charge in [-0.1, -0.05) is 60.7 Å². The van der Waals surface area contributed by atoms with Gasteiger partial charge in [0.05, 0.1) is 28.4 Å². The van der Waals surface area contributed by atoms with Crippen molar-refractivity contribution in [3.05, 3.63) is 124 Å². The van der Waals surface area contributed by atoms with Crippen LogP contribution in [0.5, 0.6) is 11.5 Å². The fraction of sp³-hybridized carbons (Fsp3) is 0.0370. The standard InChI is InChI=1S/C27H19FN4O3/c1-31-24-16-23(30-27(18-8-4-2-5-9-18)19-10-6-3-7-11-19)26(14-20(24)17-29-31)35-25-13-12-21(32(33)34)15-22(25)28/h2-17H,1H3. The topological polar surface area (TPSA) is 82.5 Å². The molecule has 0 radical (unpaired) electrons. The molecule has 0 atom stereocenters. The molecule has 0 N–H and O–H groups in total. The van der Waals surface area contributed by atoms with E-state index >= 15 is 0 Å². The molecule has 8 heteroatoms. The van der Waals surface area contributed by atoms with E-state index in [1.165, 1.54) is 12.1 Å². The smallest absolute Gasteiger partial charge is 0.272 e. The van der Waals surface area contributed by atoms with Crippen molar-refractivity contribution in [1.29, 1.82) is 0 Å². The molecule has 5 aromatic rings. The van der Waals surface area contributed by atoms with Crippen LogP contribution in [0.3, 0.4) is 0 Å². The van der Waals surface area contributed by atoms with Gasteiger partial charge in [0.2, 0.25) is 0 Å². The van der Waals surface area contributed by atoms with E-state index in [-0.39, 0.29) is 11.4 Å². The lowest BCUT2D eigenvalue weighted by Gasteiger charge is -2.13. The summed E-state index contributed by atoms with van der Waals surface area (Å²) in [7, 11) is 1.82. The van der Waals surface area contributed by atoms with Gasteiger partial charge in [0.1, 0.15) is 5.69 Å². The largest absolute Gasteiger partial charge is 0.452 e. The SMILES string of the molecule is Cn1ncc2cc(Oc3ccc([N+](=O)[O-])cc3F)c(N=C(c3ccccc3)c3ccccc3)cc21. The van der Waals surface area contributed by atoms with Crippen molar-refractivity contribution in [3.63, 3.8) is 0 Å². The average Bonchev–Trinajstić information content (AvgIpc) is 3.24. The first-order valence-electron chi connectivity index (χ1n) is 10.8. The highest BCUT2D eigenvalue weighted by molar-refractivity contribution is 6.14. The zero-order valence-electron chi connectivity index (χ0n) is 18.6. The van der Waals surface area contributed by atoms with Crippen LogP contribution in [0.25, 0.3) is 10.9 Å². The third-order valence-electron chi connectivity index (χ3n) is 5.50. The average molecular weight is 466 g/mol. The van der Waals surface area contributed by atoms with E-state index in [2.05, 4.69) is 5.10 Å². The van der Waals surface area contributed by atoms with Crippen LogP contribution in [0.2, 0.25) is 0 Å². The van der Waals surface area contributed by atoms with Gasteiger partial charge in [-0.25, -0.2) is 9.38 Å². The predicted octanol–water partition coefficient (Wildman–Crippen LogP) is 6.58. The van der Waals surface area contributed by atoms with Crippen LogP contribution < -0.4 is 4.74 Å². The summed E-state index contributed by atoms with van der Waals surface area (Å²) >= 11 is 0. The molecular weight excluding hydrogens is 447 g/mol. The van der Waals surface area contributed by atoms with Crippen LogP contribution in [-0.4, -0.2) is 20.4 Å². The first-order chi connectivity index (χ1) is 17.0. The molecule has 35 heavy (non-hydrogen) atoms. The Morgan fingerprint density at radius 2 is 1.60 bits per heavy atom. The van der Waals surface area contributed by atoms with Crippen molar-refractivity contribution in [2.75, 3.05) is 0 Å². The number of nitro groups is 1. The number of aliphatic imine (C=N–C) groups is 1. The molecular formula is C27H19FN4O3. The molecule has 0 aliphatic heterocycles. The molecule has 0 saturated heterocycles. The summed E-state index contributed by atoms with van der Waals surface area (Å²) in [5.41, 5.74) is 3.43. The van der Waals surface area contributed by atoms with Gasteiger partial charge in [-0.2, -0.15) is 5.10 Å². The normalized spacial score (nSPS) is 10.8. The Morgan fingerprint density at radius 3 is 2.20 bits per heavy atom. The fourth-order valence-corrected chi connectivity index (χ4v) is 3.75. The molecule has 5 rings (SSSR count). The summed E-state index contributed by atoms with van der Waals surface area (Å²) in [5.74, 6) is -0.689. The van der Waals surface area contributed by atoms with Gasteiger partial charge in [-0.05, 0) is 18.2 Å². The van der Waals surface area contributed by atoms with E-state index in [1.807, 2.05) is 73.8 Å². The molecule has 4 aromatic carbocycles. The third kappa shape index (κ3) is 4.49. The summed E-state index contributed by atoms with van der Waals surface area (Å²) in [6, 6.07) is 26.3. The molecule has 0 saturated carbocycles. The number of ether oxygens (including phenoxy) is 1. The maximum atomic E-state index is 14.7. The minimum Gasteiger partial charge on any atom is -0.452 e. The molecule has 0 aliphatic carbocycles. The minimum atomic E-state index is -0.841. The monoisotopic (exact) mass is 466 g/mol. The highest BCUT2D eigenvalue weighted by atomic mass is 19.1. The van der Waals surface area contributed by atoms with Gasteiger partial charge >= 0.3 is 0 Å². The van der Waals surface area contributed by atoms with Crippen molar-refractivity contribution in [2.24, 2.45) is 12.0 Å². The van der Waals surface area contributed by atoms with Crippen molar-refractivity contribution >= 4 is 28.0 Å². The number of rotatable bonds is 6. The molecule has 1 aromatic heterocycles. The van der Waals surface area contributed by atoms with E-state index in [9.17, 15) is 14.5 Å². The van der Waals surface area contributed by atoms with Gasteiger partial charge in [0.15, 0.2) is 17.3 Å². The van der Waals surface area contributed by atoms with Crippen LogP contribution in [0.1, 0.15) is 11.1 Å². The van der Waals surface area contributed by atoms with E-state index < -0.39 is 10.7 Å². The second-order valence-corrected chi connectivity index (χ2v) is 7.81. The third-order valence-corrected chi connectivity index (χ3v) is 5.50. The van der Waals surface area contributed by atoms with Gasteiger partial charge in [-0.15, -0.1) is 0 Å². The van der Waals surface area contributed by atoms with Crippen molar-refractivity contribution in [2.45, 2.75) is 0 Å². The van der Waals surface area contributed by atoms with E-state index in [1.54, 1.807) is 16.9 Å². The lowest BCUT2D eigenvalue weighted by Crippen LogP contribution is -2.03. The number of nitrogens with zero attached hydrogens (tertiary/aromatic N) is 4. The molecule has 0 amide bonds. The highest BCUT2D eigenvalue weighted by Gasteiger charge is 2.17. The molecule has 0 bridgehead atoms. The zero-order chi connectivity index (χ0) is 24.4. The van der Waals surface area contributed by atoms with E-state index in [0.29, 0.717) is 17.1 Å². The Bertz CT molecular complexity index is 1520. The second kappa shape index (κ2) is 9.18. The predicted molar refractivity (Wildman–Crippen MR) is 132 cm³/mol. The number of aromatic nitrogens is 2. The number of nitro benzene ring substituents is 1. The van der Waals surface area contributed by atoms with E-state index in [4.69, 9.17) is 9.73 Å². The van der Waals surface area contributed by atoms with Gasteiger partial charge < -0.3 is 4.74 Å². The molecule has 7 nitrogen and oxygen atoms in total. The molecule has 172 valence electrons. The van der Waals surface area contributed by atoms with Crippen LogP contribution in [0.4, 0.5) is 15.8 Å². The molecule has 0 unspecified atom stereocenters. The lowest BCUT2D eigenvalue weighted by molar-refractivity contribution is -0.385. The second-order valence-electron chi connectivity index (χ2n) is 7.81. The van der Waals surface area contributed by atoms with Gasteiger partial charge in [0, 0.05) is 29.6 Å². The number of benzene rings is 4. The van der Waals surface area contributed by atoms with Gasteiger partial charge in [0.25, 0.3) is 5.69 Å². The van der Waals surface area contributed by atoms with Crippen LogP contribution in [0.15, 0.2) is 102 Å². The first kappa shape index (κ1) is 22.0. The number of aryl methyl sites for hydroxylation is 1. The number of fused-ring (bicyclic) bond motifs is 1. The van der Waals surface area contributed by atoms with Crippen LogP contribution >= 0.6 is 0 Å². The molecule has 1 heterocycles. The summed E-state index contributed by atoms with van der Waals surface area (Å²) in [5, 5.41) is 16.1. The summed E-state index contributed by atoms with van der Waals surface area (Å²) in [6.07, 6.45) is 1.68. The molecule has 0 spiro atoms.